The number of aliphatic hydroxyl groups is 1. The Kier molecular flexibility index (Phi) is 3.89. The van der Waals surface area contributed by atoms with Crippen LogP contribution in [0.4, 0.5) is 0 Å². The van der Waals surface area contributed by atoms with Crippen molar-refractivity contribution in [3.8, 4) is 0 Å². The van der Waals surface area contributed by atoms with Gasteiger partial charge in [-0.15, -0.1) is 0 Å². The molecule has 1 aliphatic rings. The minimum atomic E-state index is -3.84. The second-order valence-corrected chi connectivity index (χ2v) is 5.75. The van der Waals surface area contributed by atoms with Crippen molar-refractivity contribution in [2.24, 2.45) is 0 Å². The van der Waals surface area contributed by atoms with Crippen LogP contribution in [0, 0.1) is 0 Å². The Morgan fingerprint density at radius 2 is 2.06 bits per heavy atom. The molecule has 8 heteroatoms. The molecule has 0 aromatic carbocycles. The highest BCUT2D eigenvalue weighted by Crippen LogP contribution is 2.21. The Morgan fingerprint density at radius 3 is 2.50 bits per heavy atom. The van der Waals surface area contributed by atoms with Gasteiger partial charge in [-0.25, -0.2) is 0 Å². The molecular weight excluding hydrogens is 236 g/mol. The van der Waals surface area contributed by atoms with Gasteiger partial charge in [-0.3, -0.25) is 4.79 Å². The van der Waals surface area contributed by atoms with Crippen LogP contribution in [0.1, 0.15) is 20.3 Å². The molecule has 0 aromatic heterocycles. The van der Waals surface area contributed by atoms with E-state index < -0.39 is 28.3 Å². The van der Waals surface area contributed by atoms with Gasteiger partial charge in [-0.05, 0) is 13.8 Å². The predicted molar refractivity (Wildman–Crippen MR) is 55.9 cm³/mol. The lowest BCUT2D eigenvalue weighted by Crippen LogP contribution is -2.48. The Hall–Kier alpha value is -0.700. The van der Waals surface area contributed by atoms with Crippen molar-refractivity contribution in [3.05, 3.63) is 0 Å². The van der Waals surface area contributed by atoms with Gasteiger partial charge < -0.3 is 10.2 Å². The van der Waals surface area contributed by atoms with Gasteiger partial charge in [0.2, 0.25) is 0 Å². The minimum Gasteiger partial charge on any atom is -0.480 e. The molecule has 0 aromatic rings. The van der Waals surface area contributed by atoms with E-state index in [1.165, 1.54) is 0 Å². The fourth-order valence-corrected chi connectivity index (χ4v) is 3.25. The zero-order chi connectivity index (χ0) is 12.5. The molecule has 2 atom stereocenters. The Labute approximate surface area is 94.2 Å². The van der Waals surface area contributed by atoms with E-state index in [1.54, 1.807) is 13.8 Å². The summed E-state index contributed by atoms with van der Waals surface area (Å²) < 4.78 is 26.6. The predicted octanol–water partition coefficient (Wildman–Crippen LogP) is -1.25. The topological polar surface area (TPSA) is 107 Å². The molecule has 16 heavy (non-hydrogen) atoms. The van der Waals surface area contributed by atoms with E-state index in [9.17, 15) is 18.3 Å². The monoisotopic (exact) mass is 252 g/mol. The Balaban J connectivity index is 2.89. The first-order chi connectivity index (χ1) is 7.24. The van der Waals surface area contributed by atoms with Crippen molar-refractivity contribution in [2.45, 2.75) is 38.5 Å². The number of nitrogens with one attached hydrogen (secondary N) is 1. The molecule has 0 radical (unpaired) electrons. The summed E-state index contributed by atoms with van der Waals surface area (Å²) in [4.78, 5) is 10.8. The van der Waals surface area contributed by atoms with Crippen LogP contribution in [0.2, 0.25) is 0 Å². The molecule has 3 N–H and O–H groups in total. The van der Waals surface area contributed by atoms with Crippen LogP contribution in [0.3, 0.4) is 0 Å². The number of aliphatic hydroxyl groups excluding tert-OH is 1. The minimum absolute atomic E-state index is 0.0751. The van der Waals surface area contributed by atoms with E-state index in [1.807, 2.05) is 0 Å². The summed E-state index contributed by atoms with van der Waals surface area (Å²) in [7, 11) is -3.84. The molecule has 0 amide bonds. The van der Waals surface area contributed by atoms with Gasteiger partial charge in [0.15, 0.2) is 0 Å². The summed E-state index contributed by atoms with van der Waals surface area (Å²) in [6, 6.07) is -1.51. The van der Waals surface area contributed by atoms with E-state index in [-0.39, 0.29) is 19.0 Å². The maximum atomic E-state index is 11.7. The van der Waals surface area contributed by atoms with Crippen LogP contribution in [0.25, 0.3) is 0 Å². The summed E-state index contributed by atoms with van der Waals surface area (Å²) in [6.07, 6.45) is -1.00. The van der Waals surface area contributed by atoms with Crippen molar-refractivity contribution in [2.75, 3.05) is 6.54 Å². The molecule has 0 saturated carbocycles. The molecule has 0 unspecified atom stereocenters. The van der Waals surface area contributed by atoms with E-state index >= 15 is 0 Å². The van der Waals surface area contributed by atoms with Crippen LogP contribution in [-0.2, 0) is 15.0 Å². The molecule has 1 aliphatic heterocycles. The summed E-state index contributed by atoms with van der Waals surface area (Å²) in [5, 5.41) is 18.2. The van der Waals surface area contributed by atoms with Crippen LogP contribution in [0.5, 0.6) is 0 Å². The third kappa shape index (κ3) is 2.91. The third-order valence-electron chi connectivity index (χ3n) is 2.21. The third-order valence-corrected chi connectivity index (χ3v) is 4.00. The second-order valence-electron chi connectivity index (χ2n) is 4.09. The number of carbonyl (C=O) groups is 1. The summed E-state index contributed by atoms with van der Waals surface area (Å²) in [6.45, 7) is 3.10. The van der Waals surface area contributed by atoms with Gasteiger partial charge in [-0.1, -0.05) is 0 Å². The number of carboxylic acids is 1. The summed E-state index contributed by atoms with van der Waals surface area (Å²) >= 11 is 0. The maximum Gasteiger partial charge on any atom is 0.322 e. The van der Waals surface area contributed by atoms with Gasteiger partial charge in [0, 0.05) is 19.0 Å². The maximum absolute atomic E-state index is 11.7. The van der Waals surface area contributed by atoms with Gasteiger partial charge in [0.25, 0.3) is 10.2 Å². The van der Waals surface area contributed by atoms with Crippen molar-refractivity contribution in [1.82, 2.24) is 9.03 Å². The molecule has 1 heterocycles. The molecule has 94 valence electrons. The number of rotatable bonds is 4. The zero-order valence-electron chi connectivity index (χ0n) is 9.12. The van der Waals surface area contributed by atoms with Crippen molar-refractivity contribution < 1.29 is 23.4 Å². The zero-order valence-corrected chi connectivity index (χ0v) is 9.94. The van der Waals surface area contributed by atoms with E-state index in [2.05, 4.69) is 4.72 Å². The van der Waals surface area contributed by atoms with Gasteiger partial charge in [-0.2, -0.15) is 17.4 Å². The molecule has 1 saturated heterocycles. The normalized spacial score (nSPS) is 27.5. The average Bonchev–Trinajstić information content (AvgIpc) is 2.45. The summed E-state index contributed by atoms with van der Waals surface area (Å²) in [5.41, 5.74) is 0. The molecule has 0 bridgehead atoms. The molecule has 7 nitrogen and oxygen atoms in total. The fraction of sp³-hybridized carbons (Fsp3) is 0.875. The molecule has 1 fully saturated rings. The average molecular weight is 252 g/mol. The number of aliphatic carboxylic acids is 1. The number of nitrogens with zero attached hydrogens (tertiary/aromatic N) is 1. The summed E-state index contributed by atoms with van der Waals surface area (Å²) in [5.74, 6) is -1.24. The number of hydrogen-bond donors (Lipinski definition) is 3. The van der Waals surface area contributed by atoms with Gasteiger partial charge in [0.1, 0.15) is 6.04 Å². The standard InChI is InChI=1S/C8H16N2O5S/c1-5(2)9-16(14,15)10-4-6(11)3-7(10)8(12)13/h5-7,9,11H,3-4H2,1-2H3,(H,12,13)/t6-,7-/m0/s1. The number of β-amino-alcohol motifs (C(OH)–C–C–N with tert-alkyl or cyclic N) is 1. The SMILES string of the molecule is CC(C)NS(=O)(=O)N1C[C@@H](O)C[C@H]1C(=O)O. The highest BCUT2D eigenvalue weighted by Gasteiger charge is 2.42. The smallest absolute Gasteiger partial charge is 0.322 e. The van der Waals surface area contributed by atoms with Crippen LogP contribution < -0.4 is 4.72 Å². The van der Waals surface area contributed by atoms with Crippen LogP contribution in [-0.4, -0.2) is 53.6 Å². The largest absolute Gasteiger partial charge is 0.480 e. The molecule has 0 aliphatic carbocycles. The highest BCUT2D eigenvalue weighted by atomic mass is 32.2. The first-order valence-corrected chi connectivity index (χ1v) is 6.38. The van der Waals surface area contributed by atoms with E-state index in [4.69, 9.17) is 5.11 Å². The van der Waals surface area contributed by atoms with Crippen molar-refractivity contribution in [1.29, 1.82) is 0 Å². The van der Waals surface area contributed by atoms with E-state index in [0.29, 0.717) is 0 Å². The fourth-order valence-electron chi connectivity index (χ4n) is 1.64. The quantitative estimate of drug-likeness (QED) is 0.579. The Morgan fingerprint density at radius 1 is 1.50 bits per heavy atom. The molecule has 0 spiro atoms. The lowest BCUT2D eigenvalue weighted by atomic mass is 10.2. The van der Waals surface area contributed by atoms with Crippen molar-refractivity contribution >= 4 is 16.2 Å². The second kappa shape index (κ2) is 4.66. The van der Waals surface area contributed by atoms with Gasteiger partial charge in [0.05, 0.1) is 6.10 Å². The Bertz CT molecular complexity index is 367. The highest BCUT2D eigenvalue weighted by molar-refractivity contribution is 7.87. The van der Waals surface area contributed by atoms with Gasteiger partial charge >= 0.3 is 5.97 Å². The van der Waals surface area contributed by atoms with E-state index in [0.717, 1.165) is 4.31 Å². The first-order valence-electron chi connectivity index (χ1n) is 4.94. The molecule has 1 rings (SSSR count). The number of hydrogen-bond acceptors (Lipinski definition) is 4. The number of carboxylic acid groups (broad SMARTS) is 1. The first kappa shape index (κ1) is 13.4. The van der Waals surface area contributed by atoms with Crippen molar-refractivity contribution in [3.63, 3.8) is 0 Å². The molecular formula is C8H16N2O5S. The lowest BCUT2D eigenvalue weighted by Gasteiger charge is -2.22. The van der Waals surface area contributed by atoms with Crippen LogP contribution >= 0.6 is 0 Å². The lowest BCUT2D eigenvalue weighted by molar-refractivity contribution is -0.140. The van der Waals surface area contributed by atoms with Crippen LogP contribution in [0.15, 0.2) is 0 Å².